The molecule has 0 N–H and O–H groups in total. The van der Waals surface area contributed by atoms with Crippen molar-refractivity contribution < 1.29 is 0 Å². The molecule has 0 radical (unpaired) electrons. The zero-order chi connectivity index (χ0) is 13.0. The fraction of sp³-hybridized carbons (Fsp3) is 0.0625. The third-order valence-corrected chi connectivity index (χ3v) is 3.72. The first-order valence-electron chi connectivity index (χ1n) is 6.25. The van der Waals surface area contributed by atoms with Crippen molar-refractivity contribution in [2.45, 2.75) is 0 Å². The summed E-state index contributed by atoms with van der Waals surface area (Å²) in [6.07, 6.45) is 0. The first-order chi connectivity index (χ1) is 9.27. The lowest BCUT2D eigenvalue weighted by atomic mass is 10.2. The summed E-state index contributed by atoms with van der Waals surface area (Å²) in [4.78, 5) is 12.5. The van der Waals surface area contributed by atoms with Crippen LogP contribution in [0.15, 0.2) is 59.4 Å². The van der Waals surface area contributed by atoms with E-state index in [1.54, 1.807) is 4.57 Å². The zero-order valence-electron chi connectivity index (χ0n) is 10.5. The topological polar surface area (TPSA) is 26.4 Å². The van der Waals surface area contributed by atoms with Crippen LogP contribution in [0.2, 0.25) is 0 Å². The molecule has 0 bridgehead atoms. The largest absolute Gasteiger partial charge is 0.308 e. The van der Waals surface area contributed by atoms with Gasteiger partial charge in [0.2, 0.25) is 0 Å². The summed E-state index contributed by atoms with van der Waals surface area (Å²) < 4.78 is 3.76. The van der Waals surface area contributed by atoms with Crippen molar-refractivity contribution in [3.05, 3.63) is 65.0 Å². The molecule has 3 nitrogen and oxygen atoms in total. The van der Waals surface area contributed by atoms with E-state index >= 15 is 0 Å². The number of fused-ring (bicyclic) bond motifs is 5. The predicted molar refractivity (Wildman–Crippen MR) is 77.7 cm³/mol. The number of rotatable bonds is 0. The first-order valence-corrected chi connectivity index (χ1v) is 6.25. The van der Waals surface area contributed by atoms with Gasteiger partial charge in [0.25, 0.3) is 5.56 Å². The Bertz CT molecular complexity index is 992. The molecule has 92 valence electrons. The van der Waals surface area contributed by atoms with Crippen LogP contribution in [0.25, 0.3) is 27.5 Å². The average molecular weight is 248 g/mol. The van der Waals surface area contributed by atoms with Gasteiger partial charge >= 0.3 is 0 Å². The second kappa shape index (κ2) is 3.48. The van der Waals surface area contributed by atoms with Crippen LogP contribution in [-0.4, -0.2) is 8.97 Å². The summed E-state index contributed by atoms with van der Waals surface area (Å²) in [5.41, 5.74) is 3.84. The number of aromatic nitrogens is 2. The molecule has 2 aromatic carbocycles. The molecule has 0 fully saturated rings. The minimum atomic E-state index is 0.0369. The molecule has 0 saturated carbocycles. The van der Waals surface area contributed by atoms with E-state index in [0.29, 0.717) is 0 Å². The van der Waals surface area contributed by atoms with Gasteiger partial charge in [0, 0.05) is 12.4 Å². The summed E-state index contributed by atoms with van der Waals surface area (Å²) >= 11 is 0. The normalized spacial score (nSPS) is 11.6. The van der Waals surface area contributed by atoms with E-state index in [1.807, 2.05) is 66.0 Å². The minimum Gasteiger partial charge on any atom is -0.308 e. The Morgan fingerprint density at radius 2 is 1.42 bits per heavy atom. The summed E-state index contributed by atoms with van der Waals surface area (Å²) in [6, 6.07) is 18.0. The third-order valence-electron chi connectivity index (χ3n) is 3.72. The maximum Gasteiger partial charge on any atom is 0.275 e. The van der Waals surface area contributed by atoms with Gasteiger partial charge in [0.05, 0.1) is 16.6 Å². The van der Waals surface area contributed by atoms with Crippen LogP contribution in [0.5, 0.6) is 0 Å². The summed E-state index contributed by atoms with van der Waals surface area (Å²) in [6.45, 7) is 0. The Kier molecular flexibility index (Phi) is 1.90. The molecule has 0 aliphatic carbocycles. The standard InChI is InChI=1S/C16H12N2O/c1-17-13-8-4-5-9-14(13)18-12-7-3-2-6-11(12)10-15(18)16(17)19/h2-10H,1H3. The van der Waals surface area contributed by atoms with Gasteiger partial charge in [-0.3, -0.25) is 4.79 Å². The molecular weight excluding hydrogens is 236 g/mol. The molecule has 0 unspecified atom stereocenters. The Balaban J connectivity index is 2.47. The van der Waals surface area contributed by atoms with Crippen molar-refractivity contribution in [1.82, 2.24) is 8.97 Å². The average Bonchev–Trinajstić information content (AvgIpc) is 2.84. The molecular formula is C16H12N2O. The summed E-state index contributed by atoms with van der Waals surface area (Å²) in [5.74, 6) is 0. The van der Waals surface area contributed by atoms with E-state index in [1.165, 1.54) is 0 Å². The van der Waals surface area contributed by atoms with E-state index in [-0.39, 0.29) is 5.56 Å². The SMILES string of the molecule is Cn1c(=O)c2cc3ccccc3n2c2ccccc21. The molecule has 2 aromatic heterocycles. The van der Waals surface area contributed by atoms with Crippen LogP contribution in [0.4, 0.5) is 0 Å². The Labute approximate surface area is 109 Å². The second-order valence-corrected chi connectivity index (χ2v) is 4.78. The van der Waals surface area contributed by atoms with Gasteiger partial charge < -0.3 is 8.97 Å². The number of hydrogen-bond acceptors (Lipinski definition) is 1. The Morgan fingerprint density at radius 1 is 0.789 bits per heavy atom. The van der Waals surface area contributed by atoms with Crippen LogP contribution in [0, 0.1) is 0 Å². The lowest BCUT2D eigenvalue weighted by molar-refractivity contribution is 0.902. The molecule has 0 saturated heterocycles. The molecule has 0 aliphatic heterocycles. The third kappa shape index (κ3) is 1.24. The van der Waals surface area contributed by atoms with E-state index in [4.69, 9.17) is 0 Å². The molecule has 3 heteroatoms. The highest BCUT2D eigenvalue weighted by Crippen LogP contribution is 2.22. The van der Waals surface area contributed by atoms with E-state index in [2.05, 4.69) is 0 Å². The summed E-state index contributed by atoms with van der Waals surface area (Å²) in [7, 11) is 1.82. The number of hydrogen-bond donors (Lipinski definition) is 0. The maximum absolute atomic E-state index is 12.5. The van der Waals surface area contributed by atoms with Crippen molar-refractivity contribution in [3.8, 4) is 0 Å². The smallest absolute Gasteiger partial charge is 0.275 e. The summed E-state index contributed by atoms with van der Waals surface area (Å²) in [5, 5.41) is 1.09. The van der Waals surface area contributed by atoms with Crippen molar-refractivity contribution in [1.29, 1.82) is 0 Å². The minimum absolute atomic E-state index is 0.0369. The fourth-order valence-electron chi connectivity index (χ4n) is 2.79. The van der Waals surface area contributed by atoms with Crippen molar-refractivity contribution >= 4 is 27.5 Å². The van der Waals surface area contributed by atoms with E-state index in [9.17, 15) is 4.79 Å². The van der Waals surface area contributed by atoms with Gasteiger partial charge in [-0.15, -0.1) is 0 Å². The van der Waals surface area contributed by atoms with Gasteiger partial charge in [0.15, 0.2) is 0 Å². The monoisotopic (exact) mass is 248 g/mol. The van der Waals surface area contributed by atoms with Gasteiger partial charge in [-0.25, -0.2) is 0 Å². The molecule has 0 atom stereocenters. The quantitative estimate of drug-likeness (QED) is 0.470. The van der Waals surface area contributed by atoms with Crippen LogP contribution >= 0.6 is 0 Å². The Hall–Kier alpha value is -2.55. The lowest BCUT2D eigenvalue weighted by Gasteiger charge is -2.08. The van der Waals surface area contributed by atoms with Gasteiger partial charge in [-0.1, -0.05) is 30.3 Å². The molecule has 0 spiro atoms. The maximum atomic E-state index is 12.5. The van der Waals surface area contributed by atoms with Crippen LogP contribution in [-0.2, 0) is 7.05 Å². The van der Waals surface area contributed by atoms with E-state index in [0.717, 1.165) is 27.5 Å². The molecule has 2 heterocycles. The number of nitrogens with zero attached hydrogens (tertiary/aromatic N) is 2. The molecule has 4 aromatic rings. The molecule has 0 amide bonds. The zero-order valence-corrected chi connectivity index (χ0v) is 10.5. The predicted octanol–water partition coefficient (Wildman–Crippen LogP) is 2.94. The highest BCUT2D eigenvalue weighted by Gasteiger charge is 2.11. The van der Waals surface area contributed by atoms with Gasteiger partial charge in [-0.2, -0.15) is 0 Å². The molecule has 0 aliphatic rings. The molecule has 19 heavy (non-hydrogen) atoms. The van der Waals surface area contributed by atoms with Crippen molar-refractivity contribution in [2.24, 2.45) is 7.05 Å². The van der Waals surface area contributed by atoms with Crippen molar-refractivity contribution in [3.63, 3.8) is 0 Å². The number of aryl methyl sites for hydroxylation is 1. The lowest BCUT2D eigenvalue weighted by Crippen LogP contribution is -2.19. The number of benzene rings is 2. The first kappa shape index (κ1) is 10.4. The van der Waals surface area contributed by atoms with Crippen LogP contribution < -0.4 is 5.56 Å². The van der Waals surface area contributed by atoms with Crippen LogP contribution in [0.1, 0.15) is 0 Å². The Morgan fingerprint density at radius 3 is 2.21 bits per heavy atom. The van der Waals surface area contributed by atoms with Gasteiger partial charge in [-0.05, 0) is 24.3 Å². The molecule has 4 rings (SSSR count). The van der Waals surface area contributed by atoms with Gasteiger partial charge in [0.1, 0.15) is 5.52 Å². The highest BCUT2D eigenvalue weighted by atomic mass is 16.1. The highest BCUT2D eigenvalue weighted by molar-refractivity contribution is 5.92. The van der Waals surface area contributed by atoms with Crippen molar-refractivity contribution in [2.75, 3.05) is 0 Å². The second-order valence-electron chi connectivity index (χ2n) is 4.78. The fourth-order valence-corrected chi connectivity index (χ4v) is 2.79. The van der Waals surface area contributed by atoms with Crippen LogP contribution in [0.3, 0.4) is 0 Å². The van der Waals surface area contributed by atoms with E-state index < -0.39 is 0 Å². The number of para-hydroxylation sites is 3.